The summed E-state index contributed by atoms with van der Waals surface area (Å²) in [6.07, 6.45) is 0.938. The molecule has 2 aromatic carbocycles. The number of carbonyl (C=O) groups is 4. The van der Waals surface area contributed by atoms with Gasteiger partial charge in [0.05, 0.1) is 11.1 Å². The van der Waals surface area contributed by atoms with Crippen LogP contribution in [-0.4, -0.2) is 53.4 Å². The van der Waals surface area contributed by atoms with Crippen LogP contribution in [0.15, 0.2) is 42.5 Å². The predicted octanol–water partition coefficient (Wildman–Crippen LogP) is 2.26. The standard InChI is InChI=1S/C23H21N3O6/c1-23(14-8-9-17-18(12-14)32-13-31-17)21(29)26(22(30)24-23)11-5-4-10-25-19(27)15-6-2-3-7-16(15)20(25)28/h2-3,6-9,12H,4-5,10-11,13H2,1H3,(H,24,30). The number of unbranched alkanes of at least 4 members (excludes halogenated alkanes) is 1. The first kappa shape index (κ1) is 20.0. The van der Waals surface area contributed by atoms with Crippen LogP contribution in [0.1, 0.15) is 46.0 Å². The number of benzene rings is 2. The van der Waals surface area contributed by atoms with E-state index in [0.29, 0.717) is 41.0 Å². The van der Waals surface area contributed by atoms with Gasteiger partial charge in [-0.2, -0.15) is 0 Å². The Balaban J connectivity index is 1.21. The van der Waals surface area contributed by atoms with Crippen molar-refractivity contribution < 1.29 is 28.7 Å². The Hall–Kier alpha value is -3.88. The largest absolute Gasteiger partial charge is 0.454 e. The number of imide groups is 2. The molecule has 0 saturated carbocycles. The van der Waals surface area contributed by atoms with Gasteiger partial charge in [0, 0.05) is 13.1 Å². The van der Waals surface area contributed by atoms with Gasteiger partial charge < -0.3 is 14.8 Å². The molecule has 1 fully saturated rings. The lowest BCUT2D eigenvalue weighted by Crippen LogP contribution is -2.41. The molecule has 164 valence electrons. The van der Waals surface area contributed by atoms with Crippen molar-refractivity contribution in [2.75, 3.05) is 19.9 Å². The normalized spacial score (nSPS) is 21.4. The van der Waals surface area contributed by atoms with Crippen LogP contribution in [0.25, 0.3) is 0 Å². The minimum Gasteiger partial charge on any atom is -0.454 e. The number of hydrogen-bond donors (Lipinski definition) is 1. The highest BCUT2D eigenvalue weighted by atomic mass is 16.7. The molecule has 9 nitrogen and oxygen atoms in total. The molecule has 2 aromatic rings. The van der Waals surface area contributed by atoms with Gasteiger partial charge in [0.15, 0.2) is 11.5 Å². The quantitative estimate of drug-likeness (QED) is 0.424. The van der Waals surface area contributed by atoms with Crippen LogP contribution in [0, 0.1) is 0 Å². The van der Waals surface area contributed by atoms with E-state index in [0.717, 1.165) is 0 Å². The Morgan fingerprint density at radius 2 is 1.50 bits per heavy atom. The van der Waals surface area contributed by atoms with E-state index in [2.05, 4.69) is 5.32 Å². The number of nitrogens with one attached hydrogen (secondary N) is 1. The lowest BCUT2D eigenvalue weighted by Gasteiger charge is -2.22. The van der Waals surface area contributed by atoms with E-state index in [4.69, 9.17) is 9.47 Å². The van der Waals surface area contributed by atoms with E-state index in [9.17, 15) is 19.2 Å². The topological polar surface area (TPSA) is 105 Å². The minimum atomic E-state index is -1.21. The monoisotopic (exact) mass is 435 g/mol. The summed E-state index contributed by atoms with van der Waals surface area (Å²) < 4.78 is 10.7. The SMILES string of the molecule is CC1(c2ccc3c(c2)OCO3)NC(=O)N(CCCCN2C(=O)c3ccccc3C2=O)C1=O. The van der Waals surface area contributed by atoms with Crippen LogP contribution >= 0.6 is 0 Å². The van der Waals surface area contributed by atoms with Crippen molar-refractivity contribution in [2.24, 2.45) is 0 Å². The molecule has 3 heterocycles. The maximum Gasteiger partial charge on any atom is 0.325 e. The molecule has 9 heteroatoms. The molecule has 0 bridgehead atoms. The fourth-order valence-corrected chi connectivity index (χ4v) is 4.29. The van der Waals surface area contributed by atoms with Gasteiger partial charge in [-0.15, -0.1) is 0 Å². The van der Waals surface area contributed by atoms with E-state index >= 15 is 0 Å². The highest BCUT2D eigenvalue weighted by Gasteiger charge is 2.49. The molecular formula is C23H21N3O6. The second-order valence-electron chi connectivity index (χ2n) is 8.09. The Labute approximate surface area is 183 Å². The average Bonchev–Trinajstić information content (AvgIpc) is 3.42. The van der Waals surface area contributed by atoms with Crippen molar-refractivity contribution in [3.05, 3.63) is 59.2 Å². The number of rotatable bonds is 6. The second kappa shape index (κ2) is 7.37. The number of ether oxygens (including phenoxy) is 2. The Morgan fingerprint density at radius 3 is 2.19 bits per heavy atom. The van der Waals surface area contributed by atoms with Crippen LogP contribution < -0.4 is 14.8 Å². The van der Waals surface area contributed by atoms with Crippen LogP contribution in [0.3, 0.4) is 0 Å². The molecule has 3 aliphatic heterocycles. The molecule has 1 saturated heterocycles. The molecule has 5 amide bonds. The summed E-state index contributed by atoms with van der Waals surface area (Å²) in [5.74, 6) is 0.151. The van der Waals surface area contributed by atoms with E-state index in [-0.39, 0.29) is 37.6 Å². The minimum absolute atomic E-state index is 0.120. The van der Waals surface area contributed by atoms with Crippen molar-refractivity contribution in [3.63, 3.8) is 0 Å². The molecule has 0 aliphatic carbocycles. The lowest BCUT2D eigenvalue weighted by atomic mass is 9.91. The number of urea groups is 1. The third kappa shape index (κ3) is 3.00. The number of hydrogen-bond acceptors (Lipinski definition) is 6. The van der Waals surface area contributed by atoms with Gasteiger partial charge in [-0.25, -0.2) is 4.79 Å². The van der Waals surface area contributed by atoms with Crippen molar-refractivity contribution in [1.82, 2.24) is 15.1 Å². The van der Waals surface area contributed by atoms with Crippen molar-refractivity contribution in [3.8, 4) is 11.5 Å². The first-order valence-corrected chi connectivity index (χ1v) is 10.4. The molecule has 3 aliphatic rings. The summed E-state index contributed by atoms with van der Waals surface area (Å²) in [6.45, 7) is 2.20. The molecule has 32 heavy (non-hydrogen) atoms. The van der Waals surface area contributed by atoms with Crippen LogP contribution in [0.4, 0.5) is 4.79 Å². The summed E-state index contributed by atoms with van der Waals surface area (Å²) >= 11 is 0. The maximum absolute atomic E-state index is 13.1. The number of fused-ring (bicyclic) bond motifs is 2. The van der Waals surface area contributed by atoms with Gasteiger partial charge in [0.25, 0.3) is 17.7 Å². The smallest absolute Gasteiger partial charge is 0.325 e. The first-order chi connectivity index (χ1) is 15.4. The molecule has 0 aromatic heterocycles. The zero-order valence-corrected chi connectivity index (χ0v) is 17.4. The zero-order valence-electron chi connectivity index (χ0n) is 17.4. The number of carbonyl (C=O) groups excluding carboxylic acids is 4. The maximum atomic E-state index is 13.1. The predicted molar refractivity (Wildman–Crippen MR) is 111 cm³/mol. The third-order valence-electron chi connectivity index (χ3n) is 6.12. The van der Waals surface area contributed by atoms with E-state index in [1.165, 1.54) is 9.80 Å². The zero-order chi connectivity index (χ0) is 22.5. The van der Waals surface area contributed by atoms with Gasteiger partial charge in [0.1, 0.15) is 5.54 Å². The fourth-order valence-electron chi connectivity index (χ4n) is 4.29. The van der Waals surface area contributed by atoms with Crippen molar-refractivity contribution in [1.29, 1.82) is 0 Å². The van der Waals surface area contributed by atoms with E-state index < -0.39 is 11.6 Å². The highest BCUT2D eigenvalue weighted by molar-refractivity contribution is 6.21. The van der Waals surface area contributed by atoms with Gasteiger partial charge in [-0.3, -0.25) is 24.2 Å². The van der Waals surface area contributed by atoms with Crippen LogP contribution in [0.5, 0.6) is 11.5 Å². The summed E-state index contributed by atoms with van der Waals surface area (Å²) in [5, 5.41) is 2.77. The summed E-state index contributed by atoms with van der Waals surface area (Å²) in [7, 11) is 0. The highest BCUT2D eigenvalue weighted by Crippen LogP contribution is 2.37. The number of nitrogens with zero attached hydrogens (tertiary/aromatic N) is 2. The molecule has 0 spiro atoms. The molecular weight excluding hydrogens is 414 g/mol. The Morgan fingerprint density at radius 1 is 0.875 bits per heavy atom. The molecule has 1 N–H and O–H groups in total. The second-order valence-corrected chi connectivity index (χ2v) is 8.09. The molecule has 5 rings (SSSR count). The summed E-state index contributed by atoms with van der Waals surface area (Å²) in [5.41, 5.74) is 0.214. The molecule has 1 unspecified atom stereocenters. The van der Waals surface area contributed by atoms with Crippen molar-refractivity contribution >= 4 is 23.8 Å². The Kier molecular flexibility index (Phi) is 4.61. The van der Waals surface area contributed by atoms with E-state index in [1.807, 2.05) is 0 Å². The van der Waals surface area contributed by atoms with Crippen LogP contribution in [0.2, 0.25) is 0 Å². The lowest BCUT2D eigenvalue weighted by molar-refractivity contribution is -0.131. The van der Waals surface area contributed by atoms with Crippen molar-refractivity contribution in [2.45, 2.75) is 25.3 Å². The molecule has 0 radical (unpaired) electrons. The van der Waals surface area contributed by atoms with Crippen LogP contribution in [-0.2, 0) is 10.3 Å². The fraction of sp³-hybridized carbons (Fsp3) is 0.304. The number of amides is 5. The Bertz CT molecular complexity index is 1130. The average molecular weight is 435 g/mol. The summed E-state index contributed by atoms with van der Waals surface area (Å²) in [4.78, 5) is 52.9. The first-order valence-electron chi connectivity index (χ1n) is 10.4. The van der Waals surface area contributed by atoms with Gasteiger partial charge in [0.2, 0.25) is 6.79 Å². The molecule has 1 atom stereocenters. The summed E-state index contributed by atoms with van der Waals surface area (Å²) in [6, 6.07) is 11.4. The van der Waals surface area contributed by atoms with E-state index in [1.54, 1.807) is 49.4 Å². The van der Waals surface area contributed by atoms with Gasteiger partial charge in [-0.05, 0) is 49.6 Å². The van der Waals surface area contributed by atoms with Gasteiger partial charge >= 0.3 is 6.03 Å². The third-order valence-corrected chi connectivity index (χ3v) is 6.12. The van der Waals surface area contributed by atoms with Gasteiger partial charge in [-0.1, -0.05) is 18.2 Å².